The Balaban J connectivity index is 0. The number of aliphatic hydroxyl groups excluding tert-OH is 5. The molecule has 0 aromatic rings. The molecule has 0 spiro atoms. The van der Waals surface area contributed by atoms with E-state index < -0.39 is 43.0 Å². The standard InChI is InChI=1S/C6H12O6.C2H2O4/c7-1-3(9)5(11)6(12)4(10)2-8;3-1(4)2(5)6/h1,3-6,8-12H,2H2;(H,3,4)(H,5,6)/t3-,4+,5+,6+;/m0./s1. The zero-order valence-corrected chi connectivity index (χ0v) is 8.95. The van der Waals surface area contributed by atoms with Crippen LogP contribution in [0.3, 0.4) is 0 Å². The molecule has 0 fully saturated rings. The van der Waals surface area contributed by atoms with Crippen LogP contribution in [0.1, 0.15) is 0 Å². The normalized spacial score (nSPS) is 16.5. The van der Waals surface area contributed by atoms with Crippen molar-refractivity contribution in [2.24, 2.45) is 0 Å². The Kier molecular flexibility index (Phi) is 9.84. The number of aliphatic hydroxyl groups is 5. The minimum atomic E-state index is -1.82. The first-order valence-electron chi connectivity index (χ1n) is 4.43. The third kappa shape index (κ3) is 7.65. The fourth-order valence-corrected chi connectivity index (χ4v) is 0.618. The molecule has 0 aliphatic heterocycles. The molecule has 0 aliphatic carbocycles. The molecule has 0 unspecified atom stereocenters. The molecule has 18 heavy (non-hydrogen) atoms. The average molecular weight is 270 g/mol. The summed E-state index contributed by atoms with van der Waals surface area (Å²) in [7, 11) is 0. The van der Waals surface area contributed by atoms with Gasteiger partial charge in [0.1, 0.15) is 24.4 Å². The molecule has 0 heterocycles. The van der Waals surface area contributed by atoms with Crippen molar-refractivity contribution in [3.8, 4) is 0 Å². The molecule has 0 aromatic heterocycles. The minimum Gasteiger partial charge on any atom is -0.473 e. The van der Waals surface area contributed by atoms with Gasteiger partial charge < -0.3 is 40.5 Å². The first kappa shape index (κ1) is 18.8. The van der Waals surface area contributed by atoms with Crippen LogP contribution >= 0.6 is 0 Å². The van der Waals surface area contributed by atoms with Gasteiger partial charge in [0.2, 0.25) is 0 Å². The zero-order valence-electron chi connectivity index (χ0n) is 8.95. The first-order valence-corrected chi connectivity index (χ1v) is 4.43. The van der Waals surface area contributed by atoms with Gasteiger partial charge in [-0.05, 0) is 0 Å². The molecule has 10 heteroatoms. The van der Waals surface area contributed by atoms with E-state index in [-0.39, 0.29) is 6.29 Å². The van der Waals surface area contributed by atoms with Gasteiger partial charge in [0.15, 0.2) is 6.29 Å². The average Bonchev–Trinajstić information content (AvgIpc) is 2.35. The Morgan fingerprint density at radius 3 is 1.56 bits per heavy atom. The van der Waals surface area contributed by atoms with E-state index in [1.54, 1.807) is 0 Å². The van der Waals surface area contributed by atoms with Crippen LogP contribution in [-0.2, 0) is 14.4 Å². The highest BCUT2D eigenvalue weighted by molar-refractivity contribution is 6.27. The number of carboxylic acid groups (broad SMARTS) is 2. The molecule has 106 valence electrons. The summed E-state index contributed by atoms with van der Waals surface area (Å²) in [5.41, 5.74) is 0. The maximum Gasteiger partial charge on any atom is 0.414 e. The van der Waals surface area contributed by atoms with Gasteiger partial charge in [-0.25, -0.2) is 9.59 Å². The third-order valence-corrected chi connectivity index (χ3v) is 1.60. The number of carbonyl (C=O) groups excluding carboxylic acids is 1. The molecule has 0 radical (unpaired) electrons. The number of carboxylic acids is 2. The highest BCUT2D eigenvalue weighted by atomic mass is 16.4. The molecule has 0 bridgehead atoms. The monoisotopic (exact) mass is 270 g/mol. The summed E-state index contributed by atoms with van der Waals surface area (Å²) in [5, 5.41) is 58.3. The number of hydrogen-bond acceptors (Lipinski definition) is 8. The third-order valence-electron chi connectivity index (χ3n) is 1.60. The van der Waals surface area contributed by atoms with Gasteiger partial charge in [0.25, 0.3) is 0 Å². The van der Waals surface area contributed by atoms with E-state index in [0.717, 1.165) is 0 Å². The van der Waals surface area contributed by atoms with Crippen LogP contribution in [0.4, 0.5) is 0 Å². The van der Waals surface area contributed by atoms with Gasteiger partial charge >= 0.3 is 11.9 Å². The lowest BCUT2D eigenvalue weighted by molar-refractivity contribution is -0.159. The number of hydrogen-bond donors (Lipinski definition) is 7. The van der Waals surface area contributed by atoms with Gasteiger partial charge in [-0.1, -0.05) is 0 Å². The Labute approximate surface area is 100 Å². The van der Waals surface area contributed by atoms with Crippen LogP contribution < -0.4 is 0 Å². The number of aliphatic carboxylic acids is 2. The highest BCUT2D eigenvalue weighted by Gasteiger charge is 2.29. The van der Waals surface area contributed by atoms with Crippen LogP contribution in [0.25, 0.3) is 0 Å². The second kappa shape index (κ2) is 9.44. The van der Waals surface area contributed by atoms with E-state index in [2.05, 4.69) is 0 Å². The molecule has 0 aromatic carbocycles. The van der Waals surface area contributed by atoms with Crippen LogP contribution in [0, 0.1) is 0 Å². The molecule has 10 nitrogen and oxygen atoms in total. The summed E-state index contributed by atoms with van der Waals surface area (Å²) in [4.78, 5) is 28.1. The number of carbonyl (C=O) groups is 3. The SMILES string of the molecule is O=C(O)C(=O)O.O=C[C@H](O)[C@@H](O)[C@H](O)[C@H](O)CO. The van der Waals surface area contributed by atoms with E-state index in [4.69, 9.17) is 45.3 Å². The Morgan fingerprint density at radius 1 is 0.944 bits per heavy atom. The molecule has 0 saturated carbocycles. The lowest BCUT2D eigenvalue weighted by Gasteiger charge is -2.22. The van der Waals surface area contributed by atoms with Crippen molar-refractivity contribution in [3.05, 3.63) is 0 Å². The van der Waals surface area contributed by atoms with Crippen LogP contribution in [0.15, 0.2) is 0 Å². The van der Waals surface area contributed by atoms with Crippen molar-refractivity contribution < 1.29 is 50.1 Å². The molecule has 0 amide bonds. The van der Waals surface area contributed by atoms with E-state index in [1.807, 2.05) is 0 Å². The van der Waals surface area contributed by atoms with Crippen molar-refractivity contribution in [2.75, 3.05) is 6.61 Å². The Morgan fingerprint density at radius 2 is 1.33 bits per heavy atom. The van der Waals surface area contributed by atoms with Crippen molar-refractivity contribution in [2.45, 2.75) is 24.4 Å². The van der Waals surface area contributed by atoms with Crippen molar-refractivity contribution >= 4 is 18.2 Å². The summed E-state index contributed by atoms with van der Waals surface area (Å²) in [5.74, 6) is -3.65. The van der Waals surface area contributed by atoms with E-state index in [9.17, 15) is 4.79 Å². The Hall–Kier alpha value is -1.59. The lowest BCUT2D eigenvalue weighted by atomic mass is 10.0. The smallest absolute Gasteiger partial charge is 0.414 e. The molecule has 0 saturated heterocycles. The first-order chi connectivity index (χ1) is 8.18. The zero-order chi connectivity index (χ0) is 14.9. The van der Waals surface area contributed by atoms with Crippen molar-refractivity contribution in [3.63, 3.8) is 0 Å². The predicted octanol–water partition coefficient (Wildman–Crippen LogP) is -4.22. The summed E-state index contributed by atoms with van der Waals surface area (Å²) >= 11 is 0. The molecule has 7 N–H and O–H groups in total. The van der Waals surface area contributed by atoms with E-state index in [1.165, 1.54) is 0 Å². The van der Waals surface area contributed by atoms with Gasteiger partial charge in [0.05, 0.1) is 6.61 Å². The topological polar surface area (TPSA) is 193 Å². The van der Waals surface area contributed by atoms with Crippen LogP contribution in [-0.4, -0.2) is 85.0 Å². The molecular formula is C8H14O10. The fraction of sp³-hybridized carbons (Fsp3) is 0.625. The summed E-state index contributed by atoms with van der Waals surface area (Å²) < 4.78 is 0. The summed E-state index contributed by atoms with van der Waals surface area (Å²) in [6.07, 6.45) is -6.84. The fourth-order valence-electron chi connectivity index (χ4n) is 0.618. The molecule has 4 atom stereocenters. The second-order valence-electron chi connectivity index (χ2n) is 2.97. The summed E-state index contributed by atoms with van der Waals surface area (Å²) in [6.45, 7) is -0.760. The van der Waals surface area contributed by atoms with Gasteiger partial charge in [-0.15, -0.1) is 0 Å². The predicted molar refractivity (Wildman–Crippen MR) is 52.4 cm³/mol. The van der Waals surface area contributed by atoms with Crippen molar-refractivity contribution in [1.82, 2.24) is 0 Å². The number of rotatable bonds is 5. The molecule has 0 aliphatic rings. The van der Waals surface area contributed by atoms with Crippen LogP contribution in [0.2, 0.25) is 0 Å². The van der Waals surface area contributed by atoms with E-state index in [0.29, 0.717) is 0 Å². The second-order valence-corrected chi connectivity index (χ2v) is 2.97. The van der Waals surface area contributed by atoms with E-state index >= 15 is 0 Å². The van der Waals surface area contributed by atoms with Gasteiger partial charge in [0, 0.05) is 0 Å². The molecule has 0 rings (SSSR count). The maximum absolute atomic E-state index is 9.90. The van der Waals surface area contributed by atoms with Crippen molar-refractivity contribution in [1.29, 1.82) is 0 Å². The quantitative estimate of drug-likeness (QED) is 0.190. The summed E-state index contributed by atoms with van der Waals surface area (Å²) in [6, 6.07) is 0. The van der Waals surface area contributed by atoms with Gasteiger partial charge in [-0.3, -0.25) is 0 Å². The maximum atomic E-state index is 9.90. The van der Waals surface area contributed by atoms with Gasteiger partial charge in [-0.2, -0.15) is 0 Å². The highest BCUT2D eigenvalue weighted by Crippen LogP contribution is 2.02. The largest absolute Gasteiger partial charge is 0.473 e. The molecular weight excluding hydrogens is 256 g/mol. The number of aldehydes is 1. The Bertz CT molecular complexity index is 265. The minimum absolute atomic E-state index is 0.0258. The van der Waals surface area contributed by atoms with Crippen LogP contribution in [0.5, 0.6) is 0 Å². The lowest BCUT2D eigenvalue weighted by Crippen LogP contribution is -2.46.